The summed E-state index contributed by atoms with van der Waals surface area (Å²) in [5.41, 5.74) is 2.53. The summed E-state index contributed by atoms with van der Waals surface area (Å²) >= 11 is 12.2. The Morgan fingerprint density at radius 2 is 1.83 bits per heavy atom. The molecule has 180 valence electrons. The van der Waals surface area contributed by atoms with E-state index >= 15 is 0 Å². The highest BCUT2D eigenvalue weighted by molar-refractivity contribution is 6.42. The van der Waals surface area contributed by atoms with Gasteiger partial charge in [-0.1, -0.05) is 53.5 Å². The first kappa shape index (κ1) is 23.5. The van der Waals surface area contributed by atoms with Gasteiger partial charge in [-0.3, -0.25) is 14.9 Å². The van der Waals surface area contributed by atoms with E-state index in [1.54, 1.807) is 54.1 Å². The molecule has 0 radical (unpaired) electrons. The Labute approximate surface area is 215 Å². The molecule has 3 aromatic carbocycles. The average molecular weight is 521 g/mol. The van der Waals surface area contributed by atoms with E-state index in [0.29, 0.717) is 49.9 Å². The second-order valence-corrected chi connectivity index (χ2v) is 8.89. The number of hydrogen-bond acceptors (Lipinski definition) is 6. The van der Waals surface area contributed by atoms with Crippen molar-refractivity contribution in [3.63, 3.8) is 0 Å². The van der Waals surface area contributed by atoms with Gasteiger partial charge in [0.25, 0.3) is 11.6 Å². The Hall–Kier alpha value is -4.21. The van der Waals surface area contributed by atoms with Crippen LogP contribution in [0.3, 0.4) is 0 Å². The number of aromatic nitrogens is 3. The van der Waals surface area contributed by atoms with Crippen molar-refractivity contribution >= 4 is 46.4 Å². The van der Waals surface area contributed by atoms with Gasteiger partial charge in [0.1, 0.15) is 6.04 Å². The molecule has 1 atom stereocenters. The van der Waals surface area contributed by atoms with E-state index in [9.17, 15) is 14.9 Å². The van der Waals surface area contributed by atoms with E-state index in [-0.39, 0.29) is 11.6 Å². The van der Waals surface area contributed by atoms with Gasteiger partial charge in [-0.05, 0) is 42.8 Å². The number of benzene rings is 3. The highest BCUT2D eigenvalue weighted by Crippen LogP contribution is 2.38. The molecule has 0 fully saturated rings. The van der Waals surface area contributed by atoms with E-state index in [0.717, 1.165) is 0 Å². The molecule has 36 heavy (non-hydrogen) atoms. The van der Waals surface area contributed by atoms with Gasteiger partial charge in [0.05, 0.1) is 20.5 Å². The number of nitro groups is 1. The van der Waals surface area contributed by atoms with Gasteiger partial charge in [0.2, 0.25) is 5.95 Å². The molecule has 5 rings (SSSR count). The van der Waals surface area contributed by atoms with Crippen molar-refractivity contribution in [2.75, 3.05) is 10.6 Å². The van der Waals surface area contributed by atoms with Crippen LogP contribution in [-0.4, -0.2) is 25.6 Å². The summed E-state index contributed by atoms with van der Waals surface area (Å²) in [4.78, 5) is 29.1. The first-order chi connectivity index (χ1) is 17.3. The van der Waals surface area contributed by atoms with Crippen LogP contribution in [-0.2, 0) is 4.79 Å². The predicted octanol–water partition coefficient (Wildman–Crippen LogP) is 6.09. The minimum atomic E-state index is -0.783. The molecule has 2 heterocycles. The fourth-order valence-electron chi connectivity index (χ4n) is 4.04. The van der Waals surface area contributed by atoms with Crippen LogP contribution >= 0.6 is 23.2 Å². The summed E-state index contributed by atoms with van der Waals surface area (Å²) in [6.45, 7) is 1.75. The molecule has 0 spiro atoms. The molecule has 1 aliphatic heterocycles. The van der Waals surface area contributed by atoms with Crippen molar-refractivity contribution in [1.82, 2.24) is 14.8 Å². The maximum Gasteiger partial charge on any atom is 0.269 e. The SMILES string of the molecule is CC1=C(C(=O)Nc2ccccc2)C(c2cccc([N+](=O)[O-])c2)n2nc(-c3ccc(Cl)c(Cl)c3)nc2N1. The van der Waals surface area contributed by atoms with E-state index in [4.69, 9.17) is 23.2 Å². The topological polar surface area (TPSA) is 115 Å². The lowest BCUT2D eigenvalue weighted by molar-refractivity contribution is -0.384. The number of nitrogens with zero attached hydrogens (tertiary/aromatic N) is 4. The van der Waals surface area contributed by atoms with E-state index in [1.807, 2.05) is 18.2 Å². The summed E-state index contributed by atoms with van der Waals surface area (Å²) in [5.74, 6) is 0.352. The molecule has 4 aromatic rings. The monoisotopic (exact) mass is 520 g/mol. The molecule has 1 aromatic heterocycles. The van der Waals surface area contributed by atoms with Crippen LogP contribution in [0, 0.1) is 10.1 Å². The average Bonchev–Trinajstić information content (AvgIpc) is 3.29. The molecule has 0 aliphatic carbocycles. The van der Waals surface area contributed by atoms with Crippen molar-refractivity contribution < 1.29 is 9.72 Å². The van der Waals surface area contributed by atoms with Crippen molar-refractivity contribution in [1.29, 1.82) is 0 Å². The Morgan fingerprint density at radius 3 is 2.56 bits per heavy atom. The van der Waals surface area contributed by atoms with Gasteiger partial charge >= 0.3 is 0 Å². The lowest BCUT2D eigenvalue weighted by Gasteiger charge is -2.28. The second kappa shape index (κ2) is 9.44. The van der Waals surface area contributed by atoms with Crippen LogP contribution in [0.2, 0.25) is 10.0 Å². The lowest BCUT2D eigenvalue weighted by atomic mass is 9.94. The highest BCUT2D eigenvalue weighted by atomic mass is 35.5. The molecule has 0 saturated heterocycles. The zero-order valence-electron chi connectivity index (χ0n) is 18.8. The van der Waals surface area contributed by atoms with Gasteiger partial charge in [0, 0.05) is 29.1 Å². The van der Waals surface area contributed by atoms with Crippen LogP contribution in [0.15, 0.2) is 84.1 Å². The number of carbonyl (C=O) groups is 1. The van der Waals surface area contributed by atoms with Crippen LogP contribution < -0.4 is 10.6 Å². The number of non-ortho nitro benzene ring substituents is 1. The number of rotatable bonds is 5. The predicted molar refractivity (Wildman–Crippen MR) is 138 cm³/mol. The zero-order chi connectivity index (χ0) is 25.4. The fraction of sp³-hybridized carbons (Fsp3) is 0.0800. The number of nitrogens with one attached hydrogen (secondary N) is 2. The number of carbonyl (C=O) groups excluding carboxylic acids is 1. The standard InChI is InChI=1S/C25H18Cl2N6O3/c1-14-21(24(34)29-17-7-3-2-4-8-17)22(15-6-5-9-18(12-15)33(35)36)32-25(28-14)30-23(31-32)16-10-11-19(26)20(27)13-16/h2-13,22H,1H3,(H,29,34)(H,28,30,31). The normalized spacial score (nSPS) is 14.7. The number of halogens is 2. The molecule has 1 unspecified atom stereocenters. The summed E-state index contributed by atoms with van der Waals surface area (Å²) < 4.78 is 1.55. The third-order valence-corrected chi connectivity index (χ3v) is 6.44. The quantitative estimate of drug-likeness (QED) is 0.243. The molecular weight excluding hydrogens is 503 g/mol. The van der Waals surface area contributed by atoms with Crippen LogP contribution in [0.5, 0.6) is 0 Å². The van der Waals surface area contributed by atoms with Gasteiger partial charge in [-0.2, -0.15) is 4.98 Å². The summed E-state index contributed by atoms with van der Waals surface area (Å²) in [7, 11) is 0. The van der Waals surface area contributed by atoms with Gasteiger partial charge in [-0.25, -0.2) is 4.68 Å². The Morgan fingerprint density at radius 1 is 1.06 bits per heavy atom. The zero-order valence-corrected chi connectivity index (χ0v) is 20.3. The summed E-state index contributed by atoms with van der Waals surface area (Å²) in [6.07, 6.45) is 0. The first-order valence-electron chi connectivity index (χ1n) is 10.8. The Balaban J connectivity index is 1.64. The molecule has 9 nitrogen and oxygen atoms in total. The minimum Gasteiger partial charge on any atom is -0.328 e. The number of amides is 1. The number of fused-ring (bicyclic) bond motifs is 1. The van der Waals surface area contributed by atoms with Gasteiger partial charge in [-0.15, -0.1) is 5.10 Å². The number of anilines is 2. The molecule has 0 saturated carbocycles. The third kappa shape index (κ3) is 4.41. The number of allylic oxidation sites excluding steroid dienone is 1. The number of nitro benzene ring substituents is 1. The minimum absolute atomic E-state index is 0.0992. The Kier molecular flexibility index (Phi) is 6.17. The molecule has 1 aliphatic rings. The molecule has 2 N–H and O–H groups in total. The second-order valence-electron chi connectivity index (χ2n) is 8.07. The van der Waals surface area contributed by atoms with E-state index in [2.05, 4.69) is 20.7 Å². The largest absolute Gasteiger partial charge is 0.328 e. The fourth-order valence-corrected chi connectivity index (χ4v) is 4.34. The molecule has 0 bridgehead atoms. The first-order valence-corrected chi connectivity index (χ1v) is 11.6. The van der Waals surface area contributed by atoms with Crippen molar-refractivity contribution in [2.45, 2.75) is 13.0 Å². The summed E-state index contributed by atoms with van der Waals surface area (Å²) in [6, 6.07) is 19.4. The van der Waals surface area contributed by atoms with Crippen LogP contribution in [0.4, 0.5) is 17.3 Å². The van der Waals surface area contributed by atoms with E-state index < -0.39 is 11.0 Å². The summed E-state index contributed by atoms with van der Waals surface area (Å²) in [5, 5.41) is 22.9. The maximum absolute atomic E-state index is 13.5. The third-order valence-electron chi connectivity index (χ3n) is 5.70. The highest BCUT2D eigenvalue weighted by Gasteiger charge is 2.35. The lowest BCUT2D eigenvalue weighted by Crippen LogP contribution is -2.31. The number of hydrogen-bond donors (Lipinski definition) is 2. The molecular formula is C25H18Cl2N6O3. The van der Waals surface area contributed by atoms with Crippen molar-refractivity contribution in [2.24, 2.45) is 0 Å². The maximum atomic E-state index is 13.5. The van der Waals surface area contributed by atoms with E-state index in [1.165, 1.54) is 12.1 Å². The van der Waals surface area contributed by atoms with Gasteiger partial charge < -0.3 is 10.6 Å². The number of para-hydroxylation sites is 1. The molecule has 1 amide bonds. The Bertz CT molecular complexity index is 1530. The van der Waals surface area contributed by atoms with Crippen LogP contribution in [0.1, 0.15) is 18.5 Å². The van der Waals surface area contributed by atoms with Crippen LogP contribution in [0.25, 0.3) is 11.4 Å². The smallest absolute Gasteiger partial charge is 0.269 e. The van der Waals surface area contributed by atoms with Gasteiger partial charge in [0.15, 0.2) is 5.82 Å². The molecule has 11 heteroatoms. The van der Waals surface area contributed by atoms with Crippen molar-refractivity contribution in [3.05, 3.63) is 110 Å². The van der Waals surface area contributed by atoms with Crippen molar-refractivity contribution in [3.8, 4) is 11.4 Å².